The summed E-state index contributed by atoms with van der Waals surface area (Å²) in [5.74, 6) is 2.33. The Balaban J connectivity index is 0.000000362. The summed E-state index contributed by atoms with van der Waals surface area (Å²) >= 11 is 1.83. The van der Waals surface area contributed by atoms with E-state index in [1.54, 1.807) is 0 Å². The molecule has 252 valence electrons. The molecule has 0 bridgehead atoms. The first-order valence-corrected chi connectivity index (χ1v) is 22.8. The van der Waals surface area contributed by atoms with Crippen LogP contribution in [0.2, 0.25) is 12.1 Å². The second-order valence-corrected chi connectivity index (χ2v) is 23.7. The second-order valence-electron chi connectivity index (χ2n) is 16.5. The Kier molecular flexibility index (Phi) is 13.5. The van der Waals surface area contributed by atoms with Gasteiger partial charge in [-0.05, 0) is 28.6 Å². The zero-order chi connectivity index (χ0) is 32.8. The molecule has 0 spiro atoms. The summed E-state index contributed by atoms with van der Waals surface area (Å²) in [4.78, 5) is 0. The first kappa shape index (κ1) is 41.8. The third-order valence-corrected chi connectivity index (χ3v) is 19.6. The molecular formula is C42H60Cl2SiZr-2. The predicted molar refractivity (Wildman–Crippen MR) is 191 cm³/mol. The van der Waals surface area contributed by atoms with Gasteiger partial charge in [-0.2, -0.15) is 6.08 Å². The summed E-state index contributed by atoms with van der Waals surface area (Å²) in [6.07, 6.45) is 39.3. The van der Waals surface area contributed by atoms with Crippen molar-refractivity contribution in [2.24, 2.45) is 55.7 Å². The van der Waals surface area contributed by atoms with Crippen LogP contribution in [0.4, 0.5) is 0 Å². The summed E-state index contributed by atoms with van der Waals surface area (Å²) in [5, 5.41) is 0. The molecule has 4 heteroatoms. The molecule has 0 aromatic rings. The normalized spacial score (nSPS) is 41.6. The van der Waals surface area contributed by atoms with E-state index in [1.807, 2.05) is 35.5 Å². The Hall–Kier alpha value is -0.400. The molecule has 0 amide bonds. The van der Waals surface area contributed by atoms with Crippen LogP contribution in [0.3, 0.4) is 0 Å². The fourth-order valence-electron chi connectivity index (χ4n) is 10.7. The molecule has 0 heterocycles. The Morgan fingerprint density at radius 3 is 1.67 bits per heavy atom. The molecule has 0 N–H and O–H groups in total. The average molecular weight is 755 g/mol. The topological polar surface area (TPSA) is 0 Å². The molecule has 0 saturated heterocycles. The van der Waals surface area contributed by atoms with Gasteiger partial charge >= 0.3 is 80.4 Å². The van der Waals surface area contributed by atoms with Gasteiger partial charge < -0.3 is 31.2 Å². The summed E-state index contributed by atoms with van der Waals surface area (Å²) in [5.41, 5.74) is 1.83. The summed E-state index contributed by atoms with van der Waals surface area (Å²) in [7, 11) is 0. The third-order valence-electron chi connectivity index (χ3n) is 13.9. The van der Waals surface area contributed by atoms with E-state index in [0.29, 0.717) is 5.92 Å². The Bertz CT molecular complexity index is 1360. The molecule has 8 atom stereocenters. The molecule has 0 radical (unpaired) electrons. The van der Waals surface area contributed by atoms with Gasteiger partial charge in [0.05, 0.1) is 0 Å². The first-order chi connectivity index (χ1) is 20.4. The number of rotatable bonds is 4. The second kappa shape index (κ2) is 14.8. The molecule has 0 aliphatic heterocycles. The van der Waals surface area contributed by atoms with E-state index >= 15 is 0 Å². The van der Waals surface area contributed by atoms with Crippen LogP contribution in [0.5, 0.6) is 0 Å². The van der Waals surface area contributed by atoms with Crippen molar-refractivity contribution < 1.29 is 48.1 Å². The van der Waals surface area contributed by atoms with Crippen molar-refractivity contribution in [1.29, 1.82) is 0 Å². The molecular weight excluding hydrogens is 695 g/mol. The van der Waals surface area contributed by atoms with Gasteiger partial charge in [0.1, 0.15) is 0 Å². The van der Waals surface area contributed by atoms with E-state index in [4.69, 9.17) is 0 Å². The molecule has 2 saturated carbocycles. The number of hydrogen-bond acceptors (Lipinski definition) is 0. The van der Waals surface area contributed by atoms with E-state index in [9.17, 15) is 0 Å². The number of fused-ring (bicyclic) bond motifs is 8. The fourth-order valence-corrected chi connectivity index (χ4v) is 18.8. The van der Waals surface area contributed by atoms with Crippen LogP contribution in [0, 0.1) is 68.2 Å². The van der Waals surface area contributed by atoms with E-state index < -0.39 is 0 Å². The van der Waals surface area contributed by atoms with Crippen LogP contribution in [-0.2, 0) is 23.3 Å². The van der Waals surface area contributed by atoms with Gasteiger partial charge in [-0.25, -0.2) is 12.2 Å². The number of allylic oxidation sites excluding steroid dienone is 16. The predicted octanol–water partition coefficient (Wildman–Crippen LogP) is 5.80. The van der Waals surface area contributed by atoms with E-state index in [0.717, 1.165) is 18.3 Å². The minimum absolute atomic E-state index is 0. The Morgan fingerprint density at radius 2 is 1.24 bits per heavy atom. The van der Waals surface area contributed by atoms with Gasteiger partial charge in [0.2, 0.25) is 0 Å². The van der Waals surface area contributed by atoms with Crippen molar-refractivity contribution in [1.82, 2.24) is 0 Å². The van der Waals surface area contributed by atoms with Crippen LogP contribution in [0.25, 0.3) is 0 Å². The largest absolute Gasteiger partial charge is 1.00 e. The zero-order valence-electron chi connectivity index (χ0n) is 30.8. The van der Waals surface area contributed by atoms with Crippen LogP contribution in [0.1, 0.15) is 89.5 Å². The average Bonchev–Trinajstić information content (AvgIpc) is 3.58. The van der Waals surface area contributed by atoms with Crippen LogP contribution < -0.4 is 24.8 Å². The van der Waals surface area contributed by atoms with Crippen LogP contribution in [0.15, 0.2) is 90.6 Å². The van der Waals surface area contributed by atoms with Gasteiger partial charge in [-0.3, -0.25) is 6.08 Å². The number of hydrogen-bond donors (Lipinski definition) is 0. The van der Waals surface area contributed by atoms with Crippen LogP contribution >= 0.6 is 0 Å². The molecule has 6 aliphatic carbocycles. The molecule has 6 aliphatic rings. The zero-order valence-corrected chi connectivity index (χ0v) is 35.7. The summed E-state index contributed by atoms with van der Waals surface area (Å²) in [6.45, 7) is 29.7. The fraction of sp³-hybridized carbons (Fsp3) is 0.595. The smallest absolute Gasteiger partial charge is 0.00455 e. The van der Waals surface area contributed by atoms with E-state index in [2.05, 4.69) is 168 Å². The molecule has 0 nitrogen and oxygen atoms in total. The maximum Gasteiger partial charge on any atom is 0.00455 e. The molecule has 0 aromatic heterocycles. The van der Waals surface area contributed by atoms with Gasteiger partial charge in [-0.1, -0.05) is 115 Å². The van der Waals surface area contributed by atoms with Crippen LogP contribution in [-0.4, -0.2) is 5.43 Å². The van der Waals surface area contributed by atoms with Crippen molar-refractivity contribution >= 4 is 5.43 Å². The maximum atomic E-state index is 2.99. The van der Waals surface area contributed by atoms with Crippen molar-refractivity contribution in [3.63, 3.8) is 0 Å². The summed E-state index contributed by atoms with van der Waals surface area (Å²) < 4.78 is 0. The van der Waals surface area contributed by atoms with Gasteiger partial charge in [-0.15, -0.1) is 23.8 Å². The molecule has 0 aromatic carbocycles. The number of halogens is 2. The van der Waals surface area contributed by atoms with Gasteiger partial charge in [0, 0.05) is 10.8 Å². The molecule has 6 rings (SSSR count). The van der Waals surface area contributed by atoms with Crippen molar-refractivity contribution in [3.05, 3.63) is 103 Å². The van der Waals surface area contributed by atoms with Crippen molar-refractivity contribution in [3.8, 4) is 0 Å². The Labute approximate surface area is 311 Å². The van der Waals surface area contributed by atoms with E-state index in [-0.39, 0.29) is 68.2 Å². The van der Waals surface area contributed by atoms with Crippen molar-refractivity contribution in [2.75, 3.05) is 0 Å². The quantitative estimate of drug-likeness (QED) is 0.252. The minimum atomic E-state index is 0. The maximum absolute atomic E-state index is 2.99. The first-order valence-electron chi connectivity index (χ1n) is 17.2. The third kappa shape index (κ3) is 5.82. The molecule has 8 unspecified atom stereocenters. The van der Waals surface area contributed by atoms with E-state index in [1.165, 1.54) is 17.7 Å². The molecule has 46 heavy (non-hydrogen) atoms. The Morgan fingerprint density at radius 1 is 0.761 bits per heavy atom. The molecule has 2 fully saturated rings. The summed E-state index contributed by atoms with van der Waals surface area (Å²) in [6, 6.07) is 3.06. The monoisotopic (exact) mass is 752 g/mol. The standard InChI is InChI=1S/C29H37.C8H18Si.C5H5.2ClH.Zr/c1-21-14-13-15-22-20-27(6)25(4)18-10-9-16-23(25,2)24(3)17-11-12-19-26(24,5)29(27,8)28(21,22)7;1-7(2)5-9-6-8(3)4;1-2-4-5-3-1;;;/h9-20,22H,1-8H3;7-8H,5-6H2,1-4H3;1-3H,4H2;2*1H;/q-1;;-1;;;+2/p-2. The van der Waals surface area contributed by atoms with Gasteiger partial charge in [0.25, 0.3) is 0 Å². The minimum Gasteiger partial charge on any atom is -1.00 e. The van der Waals surface area contributed by atoms with Gasteiger partial charge in [0.15, 0.2) is 0 Å². The SMILES string of the molecule is CC(C)C[Si](=[Zr+2])CC(C)C.CC1=CC=CC2[CH-]C3(C)C4(C)C=CC=CC4(C)C4(C)C=CC=CC4(C)C3(C)C12C.[C-]1=CC=CC1.[Cl-].[Cl-]. The van der Waals surface area contributed by atoms with Crippen molar-refractivity contribution in [2.45, 2.75) is 102 Å².